The molecule has 5 heteroatoms. The normalized spacial score (nSPS) is 11.0. The van der Waals surface area contributed by atoms with Crippen LogP contribution < -0.4 is 4.74 Å². The molecule has 126 valence electrons. The fourth-order valence-corrected chi connectivity index (χ4v) is 2.85. The molecule has 25 heavy (non-hydrogen) atoms. The molecule has 3 aromatic rings. The lowest BCUT2D eigenvalue weighted by Gasteiger charge is -2.11. The topological polar surface area (TPSA) is 21.6 Å². The molecule has 0 atom stereocenters. The van der Waals surface area contributed by atoms with Gasteiger partial charge in [0.05, 0.1) is 5.69 Å². The van der Waals surface area contributed by atoms with Crippen molar-refractivity contribution >= 4 is 46.7 Å². The highest BCUT2D eigenvalue weighted by Gasteiger charge is 2.06. The van der Waals surface area contributed by atoms with Gasteiger partial charge in [-0.05, 0) is 42.5 Å². The van der Waals surface area contributed by atoms with Crippen LogP contribution in [0.25, 0.3) is 0 Å². The highest BCUT2D eigenvalue weighted by atomic mass is 35.5. The molecule has 0 saturated heterocycles. The third kappa shape index (κ3) is 4.99. The van der Waals surface area contributed by atoms with E-state index in [-0.39, 0.29) is 0 Å². The van der Waals surface area contributed by atoms with Crippen molar-refractivity contribution < 1.29 is 4.74 Å². The summed E-state index contributed by atoms with van der Waals surface area (Å²) in [4.78, 5) is 4.46. The number of hydrogen-bond acceptors (Lipinski definition) is 2. The zero-order valence-corrected chi connectivity index (χ0v) is 15.4. The van der Waals surface area contributed by atoms with Crippen LogP contribution in [0.2, 0.25) is 15.1 Å². The average molecular weight is 391 g/mol. The number of nitrogens with zero attached hydrogens (tertiary/aromatic N) is 1. The molecule has 0 amide bonds. The molecule has 0 spiro atoms. The molecule has 0 unspecified atom stereocenters. The Balaban J connectivity index is 1.80. The van der Waals surface area contributed by atoms with E-state index in [0.29, 0.717) is 27.4 Å². The smallest absolute Gasteiger partial charge is 0.128 e. The lowest BCUT2D eigenvalue weighted by Crippen LogP contribution is -1.99. The zero-order chi connectivity index (χ0) is 17.6. The van der Waals surface area contributed by atoms with Gasteiger partial charge < -0.3 is 4.74 Å². The van der Waals surface area contributed by atoms with Crippen LogP contribution in [0.4, 0.5) is 5.69 Å². The Morgan fingerprint density at radius 2 is 1.56 bits per heavy atom. The van der Waals surface area contributed by atoms with Crippen molar-refractivity contribution in [2.24, 2.45) is 4.99 Å². The minimum absolute atomic E-state index is 0.323. The number of benzene rings is 3. The van der Waals surface area contributed by atoms with Crippen molar-refractivity contribution in [2.75, 3.05) is 0 Å². The average Bonchev–Trinajstić information content (AvgIpc) is 2.61. The number of hydrogen-bond donors (Lipinski definition) is 0. The summed E-state index contributed by atoms with van der Waals surface area (Å²) in [5, 5.41) is 1.78. The Kier molecular flexibility index (Phi) is 5.98. The second-order valence-electron chi connectivity index (χ2n) is 5.30. The SMILES string of the molecule is Clc1ccc(COc2ccc(Cl)cc2C=Nc2ccccc2)c(Cl)c1. The van der Waals surface area contributed by atoms with Crippen molar-refractivity contribution in [3.63, 3.8) is 0 Å². The minimum atomic E-state index is 0.323. The van der Waals surface area contributed by atoms with Crippen LogP contribution in [0.5, 0.6) is 5.75 Å². The molecule has 0 saturated carbocycles. The lowest BCUT2D eigenvalue weighted by atomic mass is 10.2. The highest BCUT2D eigenvalue weighted by Crippen LogP contribution is 2.26. The first-order valence-corrected chi connectivity index (χ1v) is 8.70. The first-order valence-electron chi connectivity index (χ1n) is 7.57. The van der Waals surface area contributed by atoms with Gasteiger partial charge in [-0.3, -0.25) is 4.99 Å². The third-order valence-corrected chi connectivity index (χ3v) is 4.30. The Morgan fingerprint density at radius 1 is 0.840 bits per heavy atom. The highest BCUT2D eigenvalue weighted by molar-refractivity contribution is 6.35. The van der Waals surface area contributed by atoms with Crippen molar-refractivity contribution in [1.82, 2.24) is 0 Å². The molecular formula is C20H14Cl3NO. The summed E-state index contributed by atoms with van der Waals surface area (Å²) < 4.78 is 5.91. The standard InChI is InChI=1S/C20H14Cl3NO/c21-16-8-9-20(25-13-14-6-7-17(22)11-19(14)23)15(10-16)12-24-18-4-2-1-3-5-18/h1-12H,13H2. The second-order valence-corrected chi connectivity index (χ2v) is 6.58. The summed E-state index contributed by atoms with van der Waals surface area (Å²) >= 11 is 18.2. The summed E-state index contributed by atoms with van der Waals surface area (Å²) in [5.74, 6) is 0.676. The Morgan fingerprint density at radius 3 is 2.32 bits per heavy atom. The number of ether oxygens (including phenoxy) is 1. The van der Waals surface area contributed by atoms with Gasteiger partial charge in [0.2, 0.25) is 0 Å². The van der Waals surface area contributed by atoms with Crippen molar-refractivity contribution in [2.45, 2.75) is 6.61 Å². The number of halogens is 3. The Bertz CT molecular complexity index is 895. The van der Waals surface area contributed by atoms with E-state index in [9.17, 15) is 0 Å². The Labute approximate surface area is 161 Å². The van der Waals surface area contributed by atoms with Crippen LogP contribution in [-0.4, -0.2) is 6.21 Å². The summed E-state index contributed by atoms with van der Waals surface area (Å²) in [6.07, 6.45) is 1.74. The molecule has 0 aliphatic rings. The van der Waals surface area contributed by atoms with E-state index in [0.717, 1.165) is 16.8 Å². The van der Waals surface area contributed by atoms with Gasteiger partial charge in [-0.15, -0.1) is 0 Å². The lowest BCUT2D eigenvalue weighted by molar-refractivity contribution is 0.306. The van der Waals surface area contributed by atoms with Gasteiger partial charge in [0, 0.05) is 32.4 Å². The van der Waals surface area contributed by atoms with Gasteiger partial charge in [-0.2, -0.15) is 0 Å². The molecule has 3 rings (SSSR count). The second kappa shape index (κ2) is 8.39. The van der Waals surface area contributed by atoms with E-state index in [2.05, 4.69) is 4.99 Å². The largest absolute Gasteiger partial charge is 0.488 e. The van der Waals surface area contributed by atoms with Crippen LogP contribution in [0, 0.1) is 0 Å². The van der Waals surface area contributed by atoms with E-state index in [1.54, 1.807) is 24.4 Å². The first kappa shape index (κ1) is 17.8. The predicted molar refractivity (Wildman–Crippen MR) is 106 cm³/mol. The summed E-state index contributed by atoms with van der Waals surface area (Å²) in [5.41, 5.74) is 2.50. The molecule has 3 aromatic carbocycles. The maximum absolute atomic E-state index is 6.19. The molecule has 0 N–H and O–H groups in total. The predicted octanol–water partition coefficient (Wildman–Crippen LogP) is 6.98. The molecule has 0 heterocycles. The van der Waals surface area contributed by atoms with Crippen LogP contribution in [0.1, 0.15) is 11.1 Å². The molecule has 0 bridgehead atoms. The first-order chi connectivity index (χ1) is 12.1. The third-order valence-electron chi connectivity index (χ3n) is 3.48. The van der Waals surface area contributed by atoms with Gasteiger partial charge >= 0.3 is 0 Å². The molecule has 0 radical (unpaired) electrons. The fourth-order valence-electron chi connectivity index (χ4n) is 2.20. The van der Waals surface area contributed by atoms with Crippen molar-refractivity contribution in [3.05, 3.63) is 92.9 Å². The number of para-hydroxylation sites is 1. The van der Waals surface area contributed by atoms with Crippen LogP contribution in [0.3, 0.4) is 0 Å². The van der Waals surface area contributed by atoms with Gasteiger partial charge in [0.15, 0.2) is 0 Å². The van der Waals surface area contributed by atoms with E-state index >= 15 is 0 Å². The van der Waals surface area contributed by atoms with Gasteiger partial charge in [-0.25, -0.2) is 0 Å². The van der Waals surface area contributed by atoms with Gasteiger partial charge in [0.25, 0.3) is 0 Å². The monoisotopic (exact) mass is 389 g/mol. The van der Waals surface area contributed by atoms with Gasteiger partial charge in [-0.1, -0.05) is 59.1 Å². The minimum Gasteiger partial charge on any atom is -0.488 e. The molecule has 0 aliphatic carbocycles. The van der Waals surface area contributed by atoms with Gasteiger partial charge in [0.1, 0.15) is 12.4 Å². The quantitative estimate of drug-likeness (QED) is 0.431. The van der Waals surface area contributed by atoms with Crippen LogP contribution >= 0.6 is 34.8 Å². The van der Waals surface area contributed by atoms with Crippen molar-refractivity contribution in [3.8, 4) is 5.75 Å². The Hall–Kier alpha value is -2.00. The molecule has 0 fully saturated rings. The summed E-state index contributed by atoms with van der Waals surface area (Å²) in [6.45, 7) is 0.323. The number of rotatable bonds is 5. The fraction of sp³-hybridized carbons (Fsp3) is 0.0500. The van der Waals surface area contributed by atoms with Crippen LogP contribution in [0.15, 0.2) is 71.7 Å². The zero-order valence-electron chi connectivity index (χ0n) is 13.1. The van der Waals surface area contributed by atoms with E-state index in [1.807, 2.05) is 48.5 Å². The molecule has 0 aromatic heterocycles. The van der Waals surface area contributed by atoms with E-state index in [1.165, 1.54) is 0 Å². The summed E-state index contributed by atoms with van der Waals surface area (Å²) in [7, 11) is 0. The maximum Gasteiger partial charge on any atom is 0.128 e. The molecular weight excluding hydrogens is 377 g/mol. The molecule has 0 aliphatic heterocycles. The maximum atomic E-state index is 6.19. The van der Waals surface area contributed by atoms with Crippen molar-refractivity contribution in [1.29, 1.82) is 0 Å². The van der Waals surface area contributed by atoms with Crippen LogP contribution in [-0.2, 0) is 6.61 Å². The molecule has 2 nitrogen and oxygen atoms in total. The summed E-state index contributed by atoms with van der Waals surface area (Å²) in [6, 6.07) is 20.4. The van der Waals surface area contributed by atoms with E-state index < -0.39 is 0 Å². The van der Waals surface area contributed by atoms with E-state index in [4.69, 9.17) is 39.5 Å². The number of aliphatic imine (C=N–C) groups is 1.